The van der Waals surface area contributed by atoms with Crippen molar-refractivity contribution < 1.29 is 18.7 Å². The van der Waals surface area contributed by atoms with Gasteiger partial charge in [0.1, 0.15) is 11.6 Å². The molecule has 0 radical (unpaired) electrons. The first kappa shape index (κ1) is 22.1. The number of halogens is 3. The fourth-order valence-corrected chi connectivity index (χ4v) is 2.32. The molecule has 2 N–H and O–H groups in total. The Hall–Kier alpha value is -1.93. The van der Waals surface area contributed by atoms with Crippen molar-refractivity contribution in [3.8, 4) is 11.6 Å². The van der Waals surface area contributed by atoms with E-state index in [0.29, 0.717) is 37.0 Å². The minimum atomic E-state index is -0.328. The number of anilines is 1. The maximum Gasteiger partial charge on any atom is 0.226 e. The van der Waals surface area contributed by atoms with Crippen LogP contribution in [0.5, 0.6) is 11.6 Å². The number of aromatic nitrogens is 1. The van der Waals surface area contributed by atoms with E-state index in [1.54, 1.807) is 12.1 Å². The highest BCUT2D eigenvalue weighted by atomic mass is 35.5. The van der Waals surface area contributed by atoms with E-state index in [1.807, 2.05) is 0 Å². The standard InChI is InChI=1S/C17H18FN3O3.2ClH/c18-12-1-4-15(5-2-12)24-17-6-3-13(10-20-17)21-16(22)9-14-11-23-8-7-19-14;;/h1-6,10,14,19H,7-9,11H2,(H,21,22);2*1H. The van der Waals surface area contributed by atoms with E-state index >= 15 is 0 Å². The Labute approximate surface area is 163 Å². The molecule has 1 unspecified atom stereocenters. The quantitative estimate of drug-likeness (QED) is 0.801. The Balaban J connectivity index is 0.00000169. The summed E-state index contributed by atoms with van der Waals surface area (Å²) >= 11 is 0. The largest absolute Gasteiger partial charge is 0.439 e. The molecular formula is C17H20Cl2FN3O3. The number of benzene rings is 1. The summed E-state index contributed by atoms with van der Waals surface area (Å²) in [4.78, 5) is 16.1. The minimum absolute atomic E-state index is 0. The number of carbonyl (C=O) groups is 1. The predicted molar refractivity (Wildman–Crippen MR) is 101 cm³/mol. The second-order valence-corrected chi connectivity index (χ2v) is 5.42. The molecule has 1 aliphatic rings. The van der Waals surface area contributed by atoms with Crippen LogP contribution >= 0.6 is 24.8 Å². The summed E-state index contributed by atoms with van der Waals surface area (Å²) < 4.78 is 23.7. The van der Waals surface area contributed by atoms with Gasteiger partial charge in [0.15, 0.2) is 0 Å². The summed E-state index contributed by atoms with van der Waals surface area (Å²) in [5.41, 5.74) is 0.586. The Bertz CT molecular complexity index is 681. The highest BCUT2D eigenvalue weighted by Gasteiger charge is 2.16. The van der Waals surface area contributed by atoms with Crippen LogP contribution in [-0.2, 0) is 9.53 Å². The Morgan fingerprint density at radius 1 is 1.27 bits per heavy atom. The summed E-state index contributed by atoms with van der Waals surface area (Å²) in [7, 11) is 0. The topological polar surface area (TPSA) is 72.5 Å². The van der Waals surface area contributed by atoms with E-state index in [1.165, 1.54) is 30.5 Å². The molecular weight excluding hydrogens is 384 g/mol. The van der Waals surface area contributed by atoms with Crippen molar-refractivity contribution in [3.63, 3.8) is 0 Å². The number of pyridine rings is 1. The number of hydrogen-bond acceptors (Lipinski definition) is 5. The Kier molecular flexibility index (Phi) is 9.29. The third-order valence-electron chi connectivity index (χ3n) is 3.49. The van der Waals surface area contributed by atoms with E-state index in [9.17, 15) is 9.18 Å². The number of nitrogens with one attached hydrogen (secondary N) is 2. The second-order valence-electron chi connectivity index (χ2n) is 5.42. The van der Waals surface area contributed by atoms with Gasteiger partial charge >= 0.3 is 0 Å². The van der Waals surface area contributed by atoms with Crippen LogP contribution in [0, 0.1) is 5.82 Å². The molecule has 1 atom stereocenters. The van der Waals surface area contributed by atoms with Crippen LogP contribution in [0.4, 0.5) is 10.1 Å². The predicted octanol–water partition coefficient (Wildman–Crippen LogP) is 3.17. The lowest BCUT2D eigenvalue weighted by atomic mass is 10.2. The van der Waals surface area contributed by atoms with E-state index in [-0.39, 0.29) is 42.6 Å². The highest BCUT2D eigenvalue weighted by molar-refractivity contribution is 5.90. The number of rotatable bonds is 5. The van der Waals surface area contributed by atoms with Crippen LogP contribution in [0.15, 0.2) is 42.6 Å². The molecule has 1 aliphatic heterocycles. The maximum absolute atomic E-state index is 12.8. The summed E-state index contributed by atoms with van der Waals surface area (Å²) in [5.74, 6) is 0.421. The van der Waals surface area contributed by atoms with Crippen LogP contribution in [0.1, 0.15) is 6.42 Å². The Morgan fingerprint density at radius 3 is 2.65 bits per heavy atom. The van der Waals surface area contributed by atoms with Gasteiger partial charge in [0.05, 0.1) is 25.1 Å². The fraction of sp³-hybridized carbons (Fsp3) is 0.294. The van der Waals surface area contributed by atoms with Gasteiger partial charge in [0.2, 0.25) is 11.8 Å². The molecule has 0 saturated carbocycles. The average molecular weight is 404 g/mol. The maximum atomic E-state index is 12.8. The summed E-state index contributed by atoms with van der Waals surface area (Å²) in [6.07, 6.45) is 1.86. The van der Waals surface area contributed by atoms with Gasteiger partial charge in [0, 0.05) is 25.1 Å². The molecule has 1 amide bonds. The average Bonchev–Trinajstić information content (AvgIpc) is 2.59. The molecule has 3 rings (SSSR count). The molecule has 1 aromatic heterocycles. The van der Waals surface area contributed by atoms with Gasteiger partial charge in [0.25, 0.3) is 0 Å². The van der Waals surface area contributed by atoms with Crippen LogP contribution in [0.25, 0.3) is 0 Å². The van der Waals surface area contributed by atoms with Gasteiger partial charge in [-0.05, 0) is 30.3 Å². The van der Waals surface area contributed by atoms with Crippen LogP contribution in [0.2, 0.25) is 0 Å². The number of morpholine rings is 1. The fourth-order valence-electron chi connectivity index (χ4n) is 2.32. The smallest absolute Gasteiger partial charge is 0.226 e. The van der Waals surface area contributed by atoms with Crippen LogP contribution in [-0.4, -0.2) is 36.7 Å². The molecule has 2 aromatic rings. The van der Waals surface area contributed by atoms with Crippen molar-refractivity contribution in [1.29, 1.82) is 0 Å². The van der Waals surface area contributed by atoms with Crippen molar-refractivity contribution >= 4 is 36.4 Å². The first-order valence-corrected chi connectivity index (χ1v) is 7.69. The Morgan fingerprint density at radius 2 is 2.04 bits per heavy atom. The first-order chi connectivity index (χ1) is 11.7. The van der Waals surface area contributed by atoms with Crippen LogP contribution in [0.3, 0.4) is 0 Å². The highest BCUT2D eigenvalue weighted by Crippen LogP contribution is 2.20. The molecule has 1 saturated heterocycles. The zero-order valence-corrected chi connectivity index (χ0v) is 15.4. The number of hydrogen-bond donors (Lipinski definition) is 2. The van der Waals surface area contributed by atoms with Gasteiger partial charge in [-0.25, -0.2) is 9.37 Å². The monoisotopic (exact) mass is 403 g/mol. The summed E-state index contributed by atoms with van der Waals surface area (Å²) in [6, 6.07) is 9.04. The third kappa shape index (κ3) is 6.76. The molecule has 0 bridgehead atoms. The molecule has 9 heteroatoms. The lowest BCUT2D eigenvalue weighted by Crippen LogP contribution is -2.43. The molecule has 142 valence electrons. The van der Waals surface area contributed by atoms with E-state index in [2.05, 4.69) is 15.6 Å². The van der Waals surface area contributed by atoms with Gasteiger partial charge in [-0.2, -0.15) is 0 Å². The normalized spacial score (nSPS) is 16.0. The number of amides is 1. The lowest BCUT2D eigenvalue weighted by molar-refractivity contribution is -0.117. The summed E-state index contributed by atoms with van der Waals surface area (Å²) in [6.45, 7) is 1.97. The molecule has 2 heterocycles. The van der Waals surface area contributed by atoms with E-state index in [4.69, 9.17) is 9.47 Å². The van der Waals surface area contributed by atoms with Crippen molar-refractivity contribution in [3.05, 3.63) is 48.4 Å². The SMILES string of the molecule is Cl.Cl.O=C(CC1COCCN1)Nc1ccc(Oc2ccc(F)cc2)nc1. The van der Waals surface area contributed by atoms with E-state index < -0.39 is 0 Å². The number of nitrogens with zero attached hydrogens (tertiary/aromatic N) is 1. The van der Waals surface area contributed by atoms with Gasteiger partial charge in [-0.15, -0.1) is 24.8 Å². The number of carbonyl (C=O) groups excluding carboxylic acids is 1. The molecule has 0 spiro atoms. The third-order valence-corrected chi connectivity index (χ3v) is 3.49. The summed E-state index contributed by atoms with van der Waals surface area (Å²) in [5, 5.41) is 6.01. The molecule has 0 aliphatic carbocycles. The molecule has 1 aromatic carbocycles. The number of ether oxygens (including phenoxy) is 2. The van der Waals surface area contributed by atoms with Gasteiger partial charge in [-0.1, -0.05) is 0 Å². The molecule has 1 fully saturated rings. The zero-order chi connectivity index (χ0) is 16.8. The minimum Gasteiger partial charge on any atom is -0.439 e. The van der Waals surface area contributed by atoms with Crippen LogP contribution < -0.4 is 15.4 Å². The molecule has 6 nitrogen and oxygen atoms in total. The zero-order valence-electron chi connectivity index (χ0n) is 13.8. The van der Waals surface area contributed by atoms with Gasteiger partial charge < -0.3 is 20.1 Å². The van der Waals surface area contributed by atoms with Crippen molar-refractivity contribution in [1.82, 2.24) is 10.3 Å². The van der Waals surface area contributed by atoms with Crippen molar-refractivity contribution in [2.75, 3.05) is 25.1 Å². The van der Waals surface area contributed by atoms with Crippen molar-refractivity contribution in [2.24, 2.45) is 0 Å². The van der Waals surface area contributed by atoms with Crippen molar-refractivity contribution in [2.45, 2.75) is 12.5 Å². The first-order valence-electron chi connectivity index (χ1n) is 7.69. The lowest BCUT2D eigenvalue weighted by Gasteiger charge is -2.23. The van der Waals surface area contributed by atoms with E-state index in [0.717, 1.165) is 6.54 Å². The van der Waals surface area contributed by atoms with Gasteiger partial charge in [-0.3, -0.25) is 4.79 Å². The molecule has 26 heavy (non-hydrogen) atoms. The second kappa shape index (κ2) is 10.9.